The molecule has 34 heavy (non-hydrogen) atoms. The van der Waals surface area contributed by atoms with Crippen molar-refractivity contribution in [2.24, 2.45) is 5.92 Å². The first kappa shape index (κ1) is 25.6. The number of rotatable bonds is 7. The normalized spacial score (nSPS) is 12.4. The molecule has 0 bridgehead atoms. The second kappa shape index (κ2) is 10.5. The fourth-order valence-electron chi connectivity index (χ4n) is 4.33. The molecule has 0 aliphatic carbocycles. The number of aliphatic carboxylic acids is 1. The molecule has 0 fully saturated rings. The van der Waals surface area contributed by atoms with E-state index < -0.39 is 11.4 Å². The summed E-state index contributed by atoms with van der Waals surface area (Å²) < 4.78 is 0. The molecule has 0 spiro atoms. The molecule has 1 atom stereocenters. The lowest BCUT2D eigenvalue weighted by Gasteiger charge is -2.28. The van der Waals surface area contributed by atoms with Gasteiger partial charge in [0.2, 0.25) is 0 Å². The van der Waals surface area contributed by atoms with Crippen LogP contribution in [0.3, 0.4) is 0 Å². The van der Waals surface area contributed by atoms with Gasteiger partial charge in [-0.3, -0.25) is 0 Å². The molecule has 0 aliphatic rings. The van der Waals surface area contributed by atoms with Gasteiger partial charge in [-0.15, -0.1) is 15.0 Å². The van der Waals surface area contributed by atoms with E-state index >= 15 is 0 Å². The van der Waals surface area contributed by atoms with E-state index in [-0.39, 0.29) is 5.75 Å². The van der Waals surface area contributed by atoms with Gasteiger partial charge in [0.1, 0.15) is 22.5 Å². The topological polar surface area (TPSA) is 88.2 Å². The summed E-state index contributed by atoms with van der Waals surface area (Å²) in [5.41, 5.74) is 3.38. The van der Waals surface area contributed by atoms with Crippen molar-refractivity contribution in [2.75, 3.05) is 0 Å². The number of halogens is 1. The monoisotopic (exact) mass is 481 g/mol. The quantitative estimate of drug-likeness (QED) is 0.388. The zero-order valence-corrected chi connectivity index (χ0v) is 21.2. The highest BCUT2D eigenvalue weighted by Gasteiger charge is 2.29. The van der Waals surface area contributed by atoms with Crippen LogP contribution in [0.1, 0.15) is 77.0 Å². The third-order valence-corrected chi connectivity index (χ3v) is 6.27. The van der Waals surface area contributed by atoms with Crippen LogP contribution in [-0.2, 0) is 16.6 Å². The molecule has 0 radical (unpaired) electrons. The summed E-state index contributed by atoms with van der Waals surface area (Å²) in [6.07, 6.45) is 5.00. The van der Waals surface area contributed by atoms with Crippen LogP contribution >= 0.6 is 11.6 Å². The van der Waals surface area contributed by atoms with Crippen molar-refractivity contribution in [3.05, 3.63) is 46.0 Å². The molecular weight excluding hydrogens is 450 g/mol. The van der Waals surface area contributed by atoms with Crippen molar-refractivity contribution in [3.63, 3.8) is 0 Å². The maximum atomic E-state index is 11.5. The molecule has 2 N–H and O–H groups in total. The van der Waals surface area contributed by atoms with E-state index in [9.17, 15) is 15.0 Å². The smallest absolute Gasteiger partial charge is 0.382 e. The van der Waals surface area contributed by atoms with Crippen molar-refractivity contribution in [2.45, 2.75) is 72.1 Å². The number of fused-ring (bicyclic) bond motifs is 1. The Balaban J connectivity index is 2.28. The van der Waals surface area contributed by atoms with Crippen LogP contribution in [-0.4, -0.2) is 31.2 Å². The average Bonchev–Trinajstić information content (AvgIpc) is 3.17. The molecule has 0 saturated carbocycles. The molecule has 0 aliphatic heterocycles. The second-order valence-corrected chi connectivity index (χ2v) is 10.1. The third kappa shape index (κ3) is 5.71. The van der Waals surface area contributed by atoms with Crippen molar-refractivity contribution >= 4 is 28.6 Å². The fraction of sp³-hybridized carbons (Fsp3) is 0.444. The van der Waals surface area contributed by atoms with Gasteiger partial charge in [-0.25, -0.2) is 4.79 Å². The molecule has 0 amide bonds. The van der Waals surface area contributed by atoms with Gasteiger partial charge in [0.05, 0.1) is 0 Å². The van der Waals surface area contributed by atoms with E-state index in [0.29, 0.717) is 39.6 Å². The summed E-state index contributed by atoms with van der Waals surface area (Å²) in [5, 5.41) is 30.3. The first-order chi connectivity index (χ1) is 16.0. The van der Waals surface area contributed by atoms with Crippen LogP contribution in [0.2, 0.25) is 5.02 Å². The summed E-state index contributed by atoms with van der Waals surface area (Å²) in [5.74, 6) is 4.40. The number of benzene rings is 2. The zero-order chi connectivity index (χ0) is 25.0. The molecule has 7 heteroatoms. The maximum Gasteiger partial charge on any atom is 0.382 e. The van der Waals surface area contributed by atoms with Gasteiger partial charge >= 0.3 is 5.97 Å². The Labute approximate surface area is 205 Å². The Morgan fingerprint density at radius 1 is 1.18 bits per heavy atom. The summed E-state index contributed by atoms with van der Waals surface area (Å²) in [7, 11) is 0. The van der Waals surface area contributed by atoms with E-state index in [4.69, 9.17) is 11.6 Å². The molecule has 180 valence electrons. The number of carbonyl (C=O) groups is 1. The zero-order valence-electron chi connectivity index (χ0n) is 20.4. The minimum Gasteiger partial charge on any atom is -0.505 e. The molecule has 3 aromatic rings. The van der Waals surface area contributed by atoms with Gasteiger partial charge in [0.15, 0.2) is 0 Å². The van der Waals surface area contributed by atoms with E-state index in [1.807, 2.05) is 20.8 Å². The number of nitrogens with zero attached hydrogens (tertiary/aromatic N) is 3. The number of aromatic hydroxyl groups is 1. The molecular formula is C27H32ClN3O3. The van der Waals surface area contributed by atoms with Crippen LogP contribution in [0.15, 0.2) is 24.3 Å². The van der Waals surface area contributed by atoms with Crippen molar-refractivity contribution in [3.8, 4) is 23.3 Å². The fourth-order valence-corrected chi connectivity index (χ4v) is 4.50. The van der Waals surface area contributed by atoms with Gasteiger partial charge in [-0.05, 0) is 47.6 Å². The Hall–Kier alpha value is -3.04. The number of hydrogen-bond acceptors (Lipinski definition) is 4. The van der Waals surface area contributed by atoms with Crippen molar-refractivity contribution in [1.29, 1.82) is 0 Å². The standard InChI is InChI=1S/C27H32ClN3O3/c1-6-8-9-17(7-2)14-20-18(10-13-24(32)33)15-23(26(34)25(20)27(3,4)5)31-29-21-12-11-19(28)16-22(21)30-31/h11-12,15-17,34H,6-9,14H2,1-5H3,(H,32,33). The van der Waals surface area contributed by atoms with Crippen molar-refractivity contribution < 1.29 is 15.0 Å². The first-order valence-electron chi connectivity index (χ1n) is 11.7. The molecule has 1 heterocycles. The van der Waals surface area contributed by atoms with E-state index in [0.717, 1.165) is 36.8 Å². The number of aromatic nitrogens is 3. The van der Waals surface area contributed by atoms with Crippen LogP contribution in [0.5, 0.6) is 5.75 Å². The summed E-state index contributed by atoms with van der Waals surface area (Å²) in [4.78, 5) is 12.7. The Bertz CT molecular complexity index is 1260. The van der Waals surface area contributed by atoms with Crippen LogP contribution in [0.25, 0.3) is 16.7 Å². The summed E-state index contributed by atoms with van der Waals surface area (Å²) in [6, 6.07) is 6.91. The molecule has 3 rings (SSSR count). The number of carboxylic acid groups (broad SMARTS) is 1. The van der Waals surface area contributed by atoms with Crippen LogP contribution in [0.4, 0.5) is 0 Å². The largest absolute Gasteiger partial charge is 0.505 e. The number of carboxylic acids is 1. The highest BCUT2D eigenvalue weighted by molar-refractivity contribution is 6.31. The molecule has 1 unspecified atom stereocenters. The van der Waals surface area contributed by atoms with E-state index in [2.05, 4.69) is 35.9 Å². The lowest BCUT2D eigenvalue weighted by Crippen LogP contribution is -2.19. The van der Waals surface area contributed by atoms with Gasteiger partial charge in [0.25, 0.3) is 0 Å². The van der Waals surface area contributed by atoms with E-state index in [1.54, 1.807) is 24.3 Å². The Kier molecular flexibility index (Phi) is 7.89. The molecule has 6 nitrogen and oxygen atoms in total. The lowest BCUT2D eigenvalue weighted by molar-refractivity contribution is -0.130. The minimum atomic E-state index is -1.20. The number of phenolic OH excluding ortho intramolecular Hbond substituents is 1. The summed E-state index contributed by atoms with van der Waals surface area (Å²) >= 11 is 6.11. The van der Waals surface area contributed by atoms with Gasteiger partial charge in [0, 0.05) is 22.1 Å². The lowest BCUT2D eigenvalue weighted by atomic mass is 9.77. The third-order valence-electron chi connectivity index (χ3n) is 6.04. The Morgan fingerprint density at radius 2 is 1.88 bits per heavy atom. The number of unbranched alkanes of at least 4 members (excludes halogenated alkanes) is 1. The molecule has 1 aromatic heterocycles. The highest BCUT2D eigenvalue weighted by Crippen LogP contribution is 2.41. The van der Waals surface area contributed by atoms with Gasteiger partial charge in [-0.1, -0.05) is 77.8 Å². The molecule has 2 aromatic carbocycles. The maximum absolute atomic E-state index is 11.5. The Morgan fingerprint density at radius 3 is 2.50 bits per heavy atom. The van der Waals surface area contributed by atoms with E-state index in [1.165, 1.54) is 4.80 Å². The van der Waals surface area contributed by atoms with Crippen molar-refractivity contribution in [1.82, 2.24) is 15.0 Å². The average molecular weight is 482 g/mol. The SMILES string of the molecule is CCCCC(CC)Cc1c(C#CC(=O)O)cc(-n2nc3ccc(Cl)cc3n2)c(O)c1C(C)(C)C. The molecule has 0 saturated heterocycles. The second-order valence-electron chi connectivity index (χ2n) is 9.69. The predicted molar refractivity (Wildman–Crippen MR) is 136 cm³/mol. The predicted octanol–water partition coefficient (Wildman–Crippen LogP) is 6.27. The summed E-state index contributed by atoms with van der Waals surface area (Å²) in [6.45, 7) is 10.4. The van der Waals surface area contributed by atoms with Crippen LogP contribution in [0, 0.1) is 17.8 Å². The van der Waals surface area contributed by atoms with Crippen LogP contribution < -0.4 is 0 Å². The number of hydrogen-bond donors (Lipinski definition) is 2. The minimum absolute atomic E-state index is 0.0834. The first-order valence-corrected chi connectivity index (χ1v) is 12.1. The van der Waals surface area contributed by atoms with Gasteiger partial charge < -0.3 is 10.2 Å². The highest BCUT2D eigenvalue weighted by atomic mass is 35.5. The number of phenols is 1. The van der Waals surface area contributed by atoms with Gasteiger partial charge in [-0.2, -0.15) is 0 Å².